The Balaban J connectivity index is 2.21. The van der Waals surface area contributed by atoms with E-state index in [4.69, 9.17) is 0 Å². The molecular weight excluding hydrogens is 292 g/mol. The number of nitro groups is 1. The van der Waals surface area contributed by atoms with Crippen LogP contribution in [0.15, 0.2) is 24.3 Å². The minimum absolute atomic E-state index is 0.0306. The maximum Gasteiger partial charge on any atom is 0.269 e. The summed E-state index contributed by atoms with van der Waals surface area (Å²) in [5, 5.41) is 14.1. The molecule has 1 aliphatic rings. The predicted octanol–water partition coefficient (Wildman–Crippen LogP) is 2.07. The Labute approximate surface area is 124 Å². The molecule has 0 saturated carbocycles. The Morgan fingerprint density at radius 3 is 2.52 bits per heavy atom. The van der Waals surface area contributed by atoms with Crippen LogP contribution in [0.5, 0.6) is 0 Å². The Bertz CT molecular complexity index is 598. The predicted molar refractivity (Wildman–Crippen MR) is 80.9 cm³/mol. The lowest BCUT2D eigenvalue weighted by Gasteiger charge is -2.24. The molecule has 6 nitrogen and oxygen atoms in total. The van der Waals surface area contributed by atoms with Crippen LogP contribution < -0.4 is 5.32 Å². The Morgan fingerprint density at radius 1 is 1.38 bits per heavy atom. The first kappa shape index (κ1) is 15.9. The van der Waals surface area contributed by atoms with E-state index >= 15 is 0 Å². The van der Waals surface area contributed by atoms with Crippen LogP contribution in [0, 0.1) is 16.0 Å². The number of nitrogens with zero attached hydrogens (tertiary/aromatic N) is 1. The molecule has 116 valence electrons. The third kappa shape index (κ3) is 4.01. The van der Waals surface area contributed by atoms with Crippen molar-refractivity contribution in [1.82, 2.24) is 5.32 Å². The van der Waals surface area contributed by atoms with E-state index in [1.807, 2.05) is 6.92 Å². The zero-order chi connectivity index (χ0) is 15.5. The van der Waals surface area contributed by atoms with E-state index in [2.05, 4.69) is 5.32 Å². The first-order valence-electron chi connectivity index (χ1n) is 7.11. The second-order valence-electron chi connectivity index (χ2n) is 5.44. The van der Waals surface area contributed by atoms with Crippen molar-refractivity contribution in [1.29, 1.82) is 0 Å². The average molecular weight is 312 g/mol. The number of benzene rings is 1. The lowest BCUT2D eigenvalue weighted by molar-refractivity contribution is -0.384. The molecule has 0 aromatic heterocycles. The molecule has 1 aromatic rings. The summed E-state index contributed by atoms with van der Waals surface area (Å²) >= 11 is 0. The van der Waals surface area contributed by atoms with Crippen LogP contribution in [0.25, 0.3) is 0 Å². The van der Waals surface area contributed by atoms with Gasteiger partial charge in [-0.3, -0.25) is 10.1 Å². The number of nitro benzene ring substituents is 1. The quantitative estimate of drug-likeness (QED) is 0.641. The first-order valence-corrected chi connectivity index (χ1v) is 8.93. The fourth-order valence-corrected chi connectivity index (χ4v) is 4.59. The van der Waals surface area contributed by atoms with Crippen molar-refractivity contribution in [3.63, 3.8) is 0 Å². The largest absolute Gasteiger partial charge is 0.310 e. The molecule has 2 rings (SSSR count). The smallest absolute Gasteiger partial charge is 0.269 e. The minimum atomic E-state index is -2.94. The number of non-ortho nitro benzene ring substituents is 1. The van der Waals surface area contributed by atoms with Crippen molar-refractivity contribution in [2.45, 2.75) is 25.8 Å². The highest BCUT2D eigenvalue weighted by molar-refractivity contribution is 7.91. The van der Waals surface area contributed by atoms with E-state index in [-0.39, 0.29) is 29.2 Å². The zero-order valence-corrected chi connectivity index (χ0v) is 12.8. The molecule has 2 atom stereocenters. The van der Waals surface area contributed by atoms with Gasteiger partial charge in [0, 0.05) is 18.2 Å². The van der Waals surface area contributed by atoms with Gasteiger partial charge in [-0.15, -0.1) is 0 Å². The van der Waals surface area contributed by atoms with Gasteiger partial charge in [-0.25, -0.2) is 8.42 Å². The summed E-state index contributed by atoms with van der Waals surface area (Å²) in [6.45, 7) is 2.84. The highest BCUT2D eigenvalue weighted by Gasteiger charge is 2.34. The second-order valence-corrected chi connectivity index (χ2v) is 7.67. The van der Waals surface area contributed by atoms with E-state index in [1.54, 1.807) is 12.1 Å². The second kappa shape index (κ2) is 6.53. The van der Waals surface area contributed by atoms with Gasteiger partial charge in [0.05, 0.1) is 16.4 Å². The molecule has 1 fully saturated rings. The summed E-state index contributed by atoms with van der Waals surface area (Å²) in [6.07, 6.45) is 1.59. The number of sulfone groups is 1. The maximum absolute atomic E-state index is 11.7. The van der Waals surface area contributed by atoms with Gasteiger partial charge in [-0.05, 0) is 30.9 Å². The molecular formula is C14H20N2O4S. The highest BCUT2D eigenvalue weighted by atomic mass is 32.2. The fraction of sp³-hybridized carbons (Fsp3) is 0.571. The van der Waals surface area contributed by atoms with Gasteiger partial charge in [0.1, 0.15) is 0 Å². The Hall–Kier alpha value is -1.47. The van der Waals surface area contributed by atoms with Gasteiger partial charge in [0.15, 0.2) is 9.84 Å². The van der Waals surface area contributed by atoms with Crippen LogP contribution in [-0.2, 0) is 9.84 Å². The van der Waals surface area contributed by atoms with Crippen molar-refractivity contribution < 1.29 is 13.3 Å². The van der Waals surface area contributed by atoms with Crippen LogP contribution in [0.1, 0.15) is 31.4 Å². The summed E-state index contributed by atoms with van der Waals surface area (Å²) in [5.74, 6) is 0.448. The van der Waals surface area contributed by atoms with Crippen molar-refractivity contribution in [2.24, 2.45) is 5.92 Å². The molecule has 7 heteroatoms. The summed E-state index contributed by atoms with van der Waals surface area (Å²) in [7, 11) is -2.94. The summed E-state index contributed by atoms with van der Waals surface area (Å²) in [6, 6.07) is 6.31. The van der Waals surface area contributed by atoms with Crippen molar-refractivity contribution >= 4 is 15.5 Å². The molecule has 0 bridgehead atoms. The molecule has 0 spiro atoms. The van der Waals surface area contributed by atoms with E-state index in [0.717, 1.165) is 18.5 Å². The van der Waals surface area contributed by atoms with E-state index in [9.17, 15) is 18.5 Å². The standard InChI is InChI=1S/C14H20N2O4S/c1-2-8-15-14(12-7-9-21(19,20)10-12)11-3-5-13(6-4-11)16(17)18/h3-6,12,14-15H,2,7-10H2,1H3. The van der Waals surface area contributed by atoms with Crippen molar-refractivity contribution in [3.05, 3.63) is 39.9 Å². The van der Waals surface area contributed by atoms with Crippen LogP contribution in [0.4, 0.5) is 5.69 Å². The number of hydrogen-bond donors (Lipinski definition) is 1. The third-order valence-corrected chi connectivity index (χ3v) is 5.61. The van der Waals surface area contributed by atoms with Gasteiger partial charge in [-0.1, -0.05) is 19.1 Å². The average Bonchev–Trinajstić information content (AvgIpc) is 2.80. The minimum Gasteiger partial charge on any atom is -0.310 e. The number of nitrogens with one attached hydrogen (secondary N) is 1. The van der Waals surface area contributed by atoms with Gasteiger partial charge in [-0.2, -0.15) is 0 Å². The molecule has 1 N–H and O–H groups in total. The van der Waals surface area contributed by atoms with Gasteiger partial charge in [0.2, 0.25) is 0 Å². The number of hydrogen-bond acceptors (Lipinski definition) is 5. The fourth-order valence-electron chi connectivity index (χ4n) is 2.75. The topological polar surface area (TPSA) is 89.3 Å². The van der Waals surface area contributed by atoms with E-state index in [0.29, 0.717) is 6.42 Å². The van der Waals surface area contributed by atoms with Gasteiger partial charge < -0.3 is 5.32 Å². The van der Waals surface area contributed by atoms with Crippen LogP contribution in [0.2, 0.25) is 0 Å². The molecule has 0 radical (unpaired) electrons. The normalized spacial score (nSPS) is 22.0. The maximum atomic E-state index is 11.7. The molecule has 0 amide bonds. The monoisotopic (exact) mass is 312 g/mol. The molecule has 0 aliphatic carbocycles. The Kier molecular flexibility index (Phi) is 4.95. The first-order chi connectivity index (χ1) is 9.93. The van der Waals surface area contributed by atoms with Crippen LogP contribution in [0.3, 0.4) is 0 Å². The lowest BCUT2D eigenvalue weighted by Crippen LogP contribution is -2.29. The molecule has 1 aliphatic heterocycles. The Morgan fingerprint density at radius 2 is 2.05 bits per heavy atom. The SMILES string of the molecule is CCCNC(c1ccc([N+](=O)[O-])cc1)C1CCS(=O)(=O)C1. The highest BCUT2D eigenvalue weighted by Crippen LogP contribution is 2.32. The summed E-state index contributed by atoms with van der Waals surface area (Å²) in [5.41, 5.74) is 0.961. The molecule has 2 unspecified atom stereocenters. The summed E-state index contributed by atoms with van der Waals surface area (Å²) < 4.78 is 23.4. The van der Waals surface area contributed by atoms with Crippen LogP contribution in [-0.4, -0.2) is 31.4 Å². The molecule has 21 heavy (non-hydrogen) atoms. The van der Waals surface area contributed by atoms with Gasteiger partial charge in [0.25, 0.3) is 5.69 Å². The molecule has 1 saturated heterocycles. The van der Waals surface area contributed by atoms with Gasteiger partial charge >= 0.3 is 0 Å². The molecule has 1 aromatic carbocycles. The van der Waals surface area contributed by atoms with Crippen LogP contribution >= 0.6 is 0 Å². The van der Waals surface area contributed by atoms with Crippen molar-refractivity contribution in [3.8, 4) is 0 Å². The molecule has 1 heterocycles. The number of rotatable bonds is 6. The summed E-state index contributed by atoms with van der Waals surface area (Å²) in [4.78, 5) is 10.3. The zero-order valence-electron chi connectivity index (χ0n) is 12.0. The van der Waals surface area contributed by atoms with E-state index in [1.165, 1.54) is 12.1 Å². The third-order valence-electron chi connectivity index (χ3n) is 3.82. The van der Waals surface area contributed by atoms with Crippen molar-refractivity contribution in [2.75, 3.05) is 18.1 Å². The lowest BCUT2D eigenvalue weighted by atomic mass is 9.92. The van der Waals surface area contributed by atoms with E-state index < -0.39 is 14.8 Å².